The van der Waals surface area contributed by atoms with E-state index in [1.807, 2.05) is 37.3 Å². The first-order valence-electron chi connectivity index (χ1n) is 12.3. The van der Waals surface area contributed by atoms with Crippen molar-refractivity contribution in [1.29, 1.82) is 5.26 Å². The van der Waals surface area contributed by atoms with Crippen molar-refractivity contribution in [2.24, 2.45) is 4.99 Å². The maximum Gasteiger partial charge on any atom is 0.259 e. The number of pyridine rings is 1. The van der Waals surface area contributed by atoms with Crippen molar-refractivity contribution in [3.8, 4) is 6.07 Å². The van der Waals surface area contributed by atoms with Crippen LogP contribution in [-0.2, 0) is 13.8 Å². The van der Waals surface area contributed by atoms with Gasteiger partial charge in [-0.25, -0.2) is 14.6 Å². The molecule has 3 rings (SSSR count). The lowest BCUT2D eigenvalue weighted by Gasteiger charge is -2.37. The normalized spacial score (nSPS) is 21.6. The zero-order valence-electron chi connectivity index (χ0n) is 22.0. The first-order chi connectivity index (χ1) is 16.8. The third-order valence-corrected chi connectivity index (χ3v) is 7.96. The highest BCUT2D eigenvalue weighted by molar-refractivity contribution is 7.44. The van der Waals surface area contributed by atoms with E-state index in [9.17, 15) is 0 Å². The first-order valence-corrected chi connectivity index (χ1v) is 13.5. The fraction of sp³-hybridized carbons (Fsp3) is 0.640. The highest BCUT2D eigenvalue weighted by atomic mass is 31.2. The van der Waals surface area contributed by atoms with E-state index in [1.54, 1.807) is 12.5 Å². The Kier molecular flexibility index (Phi) is 10.0. The molecule has 0 saturated carbocycles. The number of ether oxygens (including phenoxy) is 1. The van der Waals surface area contributed by atoms with Gasteiger partial charge >= 0.3 is 0 Å². The Morgan fingerprint density at radius 3 is 2.69 bits per heavy atom. The van der Waals surface area contributed by atoms with Gasteiger partial charge in [-0.05, 0) is 46.2 Å². The molecule has 10 heteroatoms. The monoisotopic (exact) mass is 502 g/mol. The summed E-state index contributed by atoms with van der Waals surface area (Å²) in [6.07, 6.45) is 7.09. The Bertz CT molecular complexity index is 1010. The molecule has 0 aromatic carbocycles. The average molecular weight is 503 g/mol. The van der Waals surface area contributed by atoms with E-state index in [1.165, 1.54) is 0 Å². The fourth-order valence-electron chi connectivity index (χ4n) is 4.32. The lowest BCUT2D eigenvalue weighted by Crippen LogP contribution is -2.35. The van der Waals surface area contributed by atoms with Crippen LogP contribution in [0.25, 0.3) is 11.0 Å². The van der Waals surface area contributed by atoms with Crippen molar-refractivity contribution < 1.29 is 13.8 Å². The van der Waals surface area contributed by atoms with Gasteiger partial charge in [-0.3, -0.25) is 0 Å². The molecule has 0 bridgehead atoms. The number of aromatic nitrogens is 2. The summed E-state index contributed by atoms with van der Waals surface area (Å²) in [4.78, 5) is 11.1. The number of rotatable bonds is 12. The predicted octanol–water partition coefficient (Wildman–Crippen LogP) is 5.62. The van der Waals surface area contributed by atoms with Crippen molar-refractivity contribution >= 4 is 31.6 Å². The van der Waals surface area contributed by atoms with Crippen LogP contribution < -0.4 is 0 Å². The molecule has 0 aliphatic carbocycles. The van der Waals surface area contributed by atoms with Crippen molar-refractivity contribution in [2.45, 2.75) is 84.4 Å². The molecule has 0 spiro atoms. The molecule has 9 nitrogen and oxygen atoms in total. The van der Waals surface area contributed by atoms with Crippen LogP contribution >= 0.6 is 8.53 Å². The van der Waals surface area contributed by atoms with Crippen molar-refractivity contribution in [3.05, 3.63) is 24.5 Å². The number of hydrogen-bond donors (Lipinski definition) is 0. The Morgan fingerprint density at radius 2 is 2.06 bits per heavy atom. The third kappa shape index (κ3) is 6.78. The highest BCUT2D eigenvalue weighted by Crippen LogP contribution is 2.50. The van der Waals surface area contributed by atoms with E-state index >= 15 is 0 Å². The number of nitrogens with zero attached hydrogens (tertiary/aromatic N) is 6. The summed E-state index contributed by atoms with van der Waals surface area (Å²) >= 11 is 0. The van der Waals surface area contributed by atoms with Gasteiger partial charge in [0.1, 0.15) is 11.9 Å². The summed E-state index contributed by atoms with van der Waals surface area (Å²) in [6.45, 7) is 11.0. The van der Waals surface area contributed by atoms with Crippen molar-refractivity contribution in [3.63, 3.8) is 0 Å². The van der Waals surface area contributed by atoms with Crippen LogP contribution in [0.1, 0.15) is 60.1 Å². The molecule has 35 heavy (non-hydrogen) atoms. The number of aliphatic imine (C=N–C) groups is 1. The van der Waals surface area contributed by atoms with Gasteiger partial charge in [0.15, 0.2) is 0 Å². The van der Waals surface area contributed by atoms with Gasteiger partial charge in [0.2, 0.25) is 0 Å². The van der Waals surface area contributed by atoms with E-state index in [2.05, 4.69) is 59.9 Å². The van der Waals surface area contributed by atoms with Crippen molar-refractivity contribution in [1.82, 2.24) is 19.1 Å². The molecule has 1 aliphatic heterocycles. The summed E-state index contributed by atoms with van der Waals surface area (Å²) in [5.74, 6) is 0. The minimum absolute atomic E-state index is 0.0573. The fourth-order valence-corrected chi connectivity index (χ4v) is 6.08. The Morgan fingerprint density at radius 1 is 1.31 bits per heavy atom. The molecule has 0 amide bonds. The molecule has 2 aromatic heterocycles. The summed E-state index contributed by atoms with van der Waals surface area (Å²) in [5.41, 5.74) is 1.72. The lowest BCUT2D eigenvalue weighted by atomic mass is 10.1. The van der Waals surface area contributed by atoms with Gasteiger partial charge < -0.3 is 23.3 Å². The van der Waals surface area contributed by atoms with E-state index in [-0.39, 0.29) is 30.5 Å². The van der Waals surface area contributed by atoms with E-state index in [4.69, 9.17) is 19.0 Å². The summed E-state index contributed by atoms with van der Waals surface area (Å²) in [7, 11) is 2.56. The van der Waals surface area contributed by atoms with Gasteiger partial charge in [-0.1, -0.05) is 6.92 Å². The van der Waals surface area contributed by atoms with Crippen LogP contribution in [0.4, 0.5) is 5.69 Å². The van der Waals surface area contributed by atoms with Gasteiger partial charge in [-0.15, -0.1) is 0 Å². The van der Waals surface area contributed by atoms with Gasteiger partial charge in [0.25, 0.3) is 8.53 Å². The molecular formula is C25H39N6O3P. The third-order valence-electron chi connectivity index (χ3n) is 5.80. The zero-order valence-corrected chi connectivity index (χ0v) is 22.9. The van der Waals surface area contributed by atoms with E-state index in [0.29, 0.717) is 19.4 Å². The first kappa shape index (κ1) is 27.5. The van der Waals surface area contributed by atoms with Crippen LogP contribution in [0, 0.1) is 11.3 Å². The predicted molar refractivity (Wildman–Crippen MR) is 140 cm³/mol. The summed E-state index contributed by atoms with van der Waals surface area (Å²) in [6, 6.07) is 6.62. The van der Waals surface area contributed by atoms with Crippen LogP contribution in [0.2, 0.25) is 0 Å². The largest absolute Gasteiger partial charge is 0.369 e. The van der Waals surface area contributed by atoms with Crippen molar-refractivity contribution in [2.75, 3.05) is 20.7 Å². The highest BCUT2D eigenvalue weighted by Gasteiger charge is 2.40. The van der Waals surface area contributed by atoms with Gasteiger partial charge in [-0.2, -0.15) is 5.26 Å². The standard InChI is InChI=1S/C25H39N6O3P/c1-8-22-23(34-35(32-15-9-12-26)31(18(2)3)19(4)5)16-24(33-22)30-14-11-20-21(28-17-29(6)7)10-13-27-25(20)30/h10-11,13-14,17-19,22-24H,8-9,15-16H2,1-7H3/b28-17-/t22-,23+,24-,35?/m1/s1. The molecule has 1 saturated heterocycles. The SMILES string of the molecule is CC[C@H]1O[C@@H](n2ccc3c(/N=C\N(C)C)ccnc32)C[C@@H]1OP(OCCC#N)N(C(C)C)C(C)C. The molecule has 3 heterocycles. The summed E-state index contributed by atoms with van der Waals surface area (Å²) < 4.78 is 23.6. The molecular weight excluding hydrogens is 463 g/mol. The molecule has 1 unspecified atom stereocenters. The molecule has 4 atom stereocenters. The molecule has 1 aliphatic rings. The average Bonchev–Trinajstić information content (AvgIpc) is 3.41. The van der Waals surface area contributed by atoms with E-state index < -0.39 is 8.53 Å². The Labute approximate surface area is 210 Å². The Balaban J connectivity index is 1.83. The molecule has 192 valence electrons. The lowest BCUT2D eigenvalue weighted by molar-refractivity contribution is -0.0163. The van der Waals surface area contributed by atoms with Crippen LogP contribution in [-0.4, -0.2) is 70.5 Å². The second kappa shape index (κ2) is 12.8. The molecule has 2 aromatic rings. The van der Waals surface area contributed by atoms with Crippen LogP contribution in [0.3, 0.4) is 0 Å². The number of nitriles is 1. The number of hydrogen-bond acceptors (Lipinski definition) is 7. The molecule has 1 fully saturated rings. The summed E-state index contributed by atoms with van der Waals surface area (Å²) in [5, 5.41) is 9.98. The topological polar surface area (TPSA) is 88.1 Å². The quantitative estimate of drug-likeness (QED) is 0.161. The second-order valence-corrected chi connectivity index (χ2v) is 10.9. The van der Waals surface area contributed by atoms with Crippen LogP contribution in [0.5, 0.6) is 0 Å². The van der Waals surface area contributed by atoms with E-state index in [0.717, 1.165) is 23.1 Å². The smallest absolute Gasteiger partial charge is 0.259 e. The maximum absolute atomic E-state index is 8.99. The van der Waals surface area contributed by atoms with Crippen LogP contribution in [0.15, 0.2) is 29.5 Å². The minimum atomic E-state index is -1.33. The molecule has 0 N–H and O–H groups in total. The zero-order chi connectivity index (χ0) is 25.5. The van der Waals surface area contributed by atoms with Gasteiger partial charge in [0, 0.05) is 50.4 Å². The maximum atomic E-state index is 8.99. The minimum Gasteiger partial charge on any atom is -0.369 e. The Hall–Kier alpha value is -2.08. The van der Waals surface area contributed by atoms with Gasteiger partial charge in [0.05, 0.1) is 43.3 Å². The molecule has 0 radical (unpaired) electrons. The number of fused-ring (bicyclic) bond motifs is 1. The second-order valence-electron chi connectivity index (χ2n) is 9.46.